The lowest BCUT2D eigenvalue weighted by atomic mass is 10.2. The van der Waals surface area contributed by atoms with Crippen LogP contribution in [0.4, 0.5) is 0 Å². The van der Waals surface area contributed by atoms with Crippen molar-refractivity contribution in [3.8, 4) is 23.8 Å². The minimum atomic E-state index is -1.13. The molecular formula is C10H8O4. The van der Waals surface area contributed by atoms with E-state index in [-0.39, 0.29) is 23.7 Å². The standard InChI is InChI=1S/C10H8O4/c1-2-5-14-9-6-7(11)3-4-8(9)10(12)13/h1,3-4,6,11H,5H2,(H,12,13). The fraction of sp³-hybridized carbons (Fsp3) is 0.100. The van der Waals surface area contributed by atoms with Gasteiger partial charge in [-0.25, -0.2) is 4.79 Å². The molecule has 0 unspecified atom stereocenters. The van der Waals surface area contributed by atoms with Crippen molar-refractivity contribution in [3.05, 3.63) is 23.8 Å². The number of rotatable bonds is 3. The molecule has 1 rings (SSSR count). The molecule has 0 amide bonds. The van der Waals surface area contributed by atoms with Crippen LogP contribution in [-0.2, 0) is 0 Å². The molecule has 0 atom stereocenters. The Balaban J connectivity index is 3.04. The Kier molecular flexibility index (Phi) is 2.97. The SMILES string of the molecule is C#CCOc1cc(O)ccc1C(=O)O. The Hall–Kier alpha value is -2.15. The van der Waals surface area contributed by atoms with Gasteiger partial charge in [-0.15, -0.1) is 6.42 Å². The van der Waals surface area contributed by atoms with E-state index in [4.69, 9.17) is 21.4 Å². The van der Waals surface area contributed by atoms with Crippen molar-refractivity contribution in [2.24, 2.45) is 0 Å². The van der Waals surface area contributed by atoms with E-state index in [1.54, 1.807) is 0 Å². The number of hydrogen-bond acceptors (Lipinski definition) is 3. The third kappa shape index (κ3) is 2.17. The minimum absolute atomic E-state index is 0.0296. The largest absolute Gasteiger partial charge is 0.508 e. The number of phenolic OH excluding ortho intramolecular Hbond substituents is 1. The molecule has 0 aromatic heterocycles. The van der Waals surface area contributed by atoms with Gasteiger partial charge in [-0.2, -0.15) is 0 Å². The Bertz CT molecular complexity index is 390. The number of aromatic hydroxyl groups is 1. The predicted molar refractivity (Wildman–Crippen MR) is 49.4 cm³/mol. The van der Waals surface area contributed by atoms with Gasteiger partial charge in [-0.1, -0.05) is 5.92 Å². The average Bonchev–Trinajstić information content (AvgIpc) is 2.14. The number of aromatic carboxylic acids is 1. The molecule has 0 bridgehead atoms. The van der Waals surface area contributed by atoms with Crippen molar-refractivity contribution in [3.63, 3.8) is 0 Å². The molecule has 0 spiro atoms. The first-order chi connectivity index (χ1) is 6.65. The summed E-state index contributed by atoms with van der Waals surface area (Å²) in [5, 5.41) is 17.8. The van der Waals surface area contributed by atoms with Crippen LogP contribution in [0, 0.1) is 12.3 Å². The van der Waals surface area contributed by atoms with E-state index in [1.165, 1.54) is 18.2 Å². The lowest BCUT2D eigenvalue weighted by molar-refractivity contribution is 0.0693. The first kappa shape index (κ1) is 9.93. The summed E-state index contributed by atoms with van der Waals surface area (Å²) in [5.74, 6) is 1.07. The van der Waals surface area contributed by atoms with Gasteiger partial charge in [0.15, 0.2) is 0 Å². The molecule has 0 saturated heterocycles. The predicted octanol–water partition coefficient (Wildman–Crippen LogP) is 1.10. The van der Waals surface area contributed by atoms with Gasteiger partial charge in [0.1, 0.15) is 23.7 Å². The Morgan fingerprint density at radius 3 is 2.86 bits per heavy atom. The van der Waals surface area contributed by atoms with E-state index in [9.17, 15) is 4.79 Å². The summed E-state index contributed by atoms with van der Waals surface area (Å²) < 4.78 is 4.95. The maximum Gasteiger partial charge on any atom is 0.339 e. The van der Waals surface area contributed by atoms with Crippen molar-refractivity contribution in [2.45, 2.75) is 0 Å². The van der Waals surface area contributed by atoms with Crippen LogP contribution in [0.1, 0.15) is 10.4 Å². The van der Waals surface area contributed by atoms with Gasteiger partial charge in [0.25, 0.3) is 0 Å². The molecule has 2 N–H and O–H groups in total. The zero-order valence-electron chi connectivity index (χ0n) is 7.23. The van der Waals surface area contributed by atoms with Gasteiger partial charge in [0.2, 0.25) is 0 Å². The molecule has 4 nitrogen and oxygen atoms in total. The maximum absolute atomic E-state index is 10.7. The van der Waals surface area contributed by atoms with Crippen molar-refractivity contribution >= 4 is 5.97 Å². The molecule has 1 aromatic carbocycles. The van der Waals surface area contributed by atoms with Crippen LogP contribution in [-0.4, -0.2) is 22.8 Å². The number of benzene rings is 1. The minimum Gasteiger partial charge on any atom is -0.508 e. The molecule has 0 saturated carbocycles. The van der Waals surface area contributed by atoms with Crippen molar-refractivity contribution < 1.29 is 19.7 Å². The van der Waals surface area contributed by atoms with Crippen LogP contribution in [0.3, 0.4) is 0 Å². The molecular weight excluding hydrogens is 184 g/mol. The molecule has 14 heavy (non-hydrogen) atoms. The summed E-state index contributed by atoms with van der Waals surface area (Å²) in [6, 6.07) is 3.73. The van der Waals surface area contributed by atoms with Gasteiger partial charge in [0, 0.05) is 6.07 Å². The van der Waals surface area contributed by atoms with Crippen LogP contribution >= 0.6 is 0 Å². The molecule has 0 aliphatic heterocycles. The second-order valence-electron chi connectivity index (χ2n) is 2.48. The number of hydrogen-bond donors (Lipinski definition) is 2. The van der Waals surface area contributed by atoms with Gasteiger partial charge in [0.05, 0.1) is 0 Å². The van der Waals surface area contributed by atoms with Gasteiger partial charge in [-0.05, 0) is 12.1 Å². The molecule has 0 radical (unpaired) electrons. The molecule has 1 aromatic rings. The summed E-state index contributed by atoms with van der Waals surface area (Å²) >= 11 is 0. The molecule has 4 heteroatoms. The van der Waals surface area contributed by atoms with Crippen molar-refractivity contribution in [1.82, 2.24) is 0 Å². The summed E-state index contributed by atoms with van der Waals surface area (Å²) in [6.45, 7) is -0.0380. The lowest BCUT2D eigenvalue weighted by Crippen LogP contribution is -2.02. The Morgan fingerprint density at radius 1 is 1.57 bits per heavy atom. The summed E-state index contributed by atoms with van der Waals surface area (Å²) in [5.41, 5.74) is -0.0296. The summed E-state index contributed by atoms with van der Waals surface area (Å²) in [7, 11) is 0. The summed E-state index contributed by atoms with van der Waals surface area (Å²) in [6.07, 6.45) is 4.96. The zero-order valence-corrected chi connectivity index (χ0v) is 7.23. The number of phenols is 1. The van der Waals surface area contributed by atoms with Crippen LogP contribution in [0.25, 0.3) is 0 Å². The smallest absolute Gasteiger partial charge is 0.339 e. The normalized spacial score (nSPS) is 9.07. The van der Waals surface area contributed by atoms with Crippen LogP contribution in [0.5, 0.6) is 11.5 Å². The fourth-order valence-electron chi connectivity index (χ4n) is 0.927. The fourth-order valence-corrected chi connectivity index (χ4v) is 0.927. The number of carboxylic acid groups (broad SMARTS) is 1. The highest BCUT2D eigenvalue weighted by molar-refractivity contribution is 5.91. The topological polar surface area (TPSA) is 66.8 Å². The lowest BCUT2D eigenvalue weighted by Gasteiger charge is -2.06. The third-order valence-corrected chi connectivity index (χ3v) is 1.51. The van der Waals surface area contributed by atoms with E-state index in [1.807, 2.05) is 0 Å². The molecule has 0 aliphatic rings. The highest BCUT2D eigenvalue weighted by Crippen LogP contribution is 2.23. The van der Waals surface area contributed by atoms with Gasteiger partial charge >= 0.3 is 5.97 Å². The number of terminal acetylenes is 1. The highest BCUT2D eigenvalue weighted by atomic mass is 16.5. The van der Waals surface area contributed by atoms with Crippen molar-refractivity contribution in [1.29, 1.82) is 0 Å². The quantitative estimate of drug-likeness (QED) is 0.704. The number of ether oxygens (including phenoxy) is 1. The first-order valence-electron chi connectivity index (χ1n) is 3.77. The maximum atomic E-state index is 10.7. The van der Waals surface area contributed by atoms with Crippen LogP contribution < -0.4 is 4.74 Å². The highest BCUT2D eigenvalue weighted by Gasteiger charge is 2.11. The Labute approximate surface area is 80.8 Å². The van der Waals surface area contributed by atoms with Crippen molar-refractivity contribution in [2.75, 3.05) is 6.61 Å². The van der Waals surface area contributed by atoms with E-state index >= 15 is 0 Å². The monoisotopic (exact) mass is 192 g/mol. The summed E-state index contributed by atoms with van der Waals surface area (Å²) in [4.78, 5) is 10.7. The third-order valence-electron chi connectivity index (χ3n) is 1.51. The van der Waals surface area contributed by atoms with E-state index in [2.05, 4.69) is 5.92 Å². The van der Waals surface area contributed by atoms with Crippen LogP contribution in [0.15, 0.2) is 18.2 Å². The van der Waals surface area contributed by atoms with Crippen LogP contribution in [0.2, 0.25) is 0 Å². The van der Waals surface area contributed by atoms with E-state index < -0.39 is 5.97 Å². The molecule has 0 heterocycles. The van der Waals surface area contributed by atoms with Gasteiger partial charge < -0.3 is 14.9 Å². The molecule has 72 valence electrons. The van der Waals surface area contributed by atoms with Gasteiger partial charge in [-0.3, -0.25) is 0 Å². The second-order valence-corrected chi connectivity index (χ2v) is 2.48. The van der Waals surface area contributed by atoms with E-state index in [0.29, 0.717) is 0 Å². The first-order valence-corrected chi connectivity index (χ1v) is 3.77. The number of carboxylic acids is 1. The second kappa shape index (κ2) is 4.19. The Morgan fingerprint density at radius 2 is 2.29 bits per heavy atom. The average molecular weight is 192 g/mol. The molecule has 0 fully saturated rings. The number of carbonyl (C=O) groups is 1. The van der Waals surface area contributed by atoms with E-state index in [0.717, 1.165) is 0 Å². The molecule has 0 aliphatic carbocycles. The zero-order chi connectivity index (χ0) is 10.6.